The standard InChI is InChI=1S/C18H16ClNO/c1-3-11-21-18-10-7-15(12-17(18)19)13-20-16-8-5-14(4-2)6-9-16/h1,5-10,12-13H,4,11H2,2H3. The maximum atomic E-state index is 6.13. The Bertz CT molecular complexity index is 669. The van der Waals surface area contributed by atoms with E-state index >= 15 is 0 Å². The SMILES string of the molecule is C#CCOc1ccc(C=Nc2ccc(CC)cc2)cc1Cl. The van der Waals surface area contributed by atoms with E-state index in [1.807, 2.05) is 18.2 Å². The predicted molar refractivity (Wildman–Crippen MR) is 88.9 cm³/mol. The normalized spacial score (nSPS) is 10.5. The number of hydrogen-bond donors (Lipinski definition) is 0. The first-order chi connectivity index (χ1) is 10.2. The molecule has 0 N–H and O–H groups in total. The topological polar surface area (TPSA) is 21.6 Å². The predicted octanol–water partition coefficient (Wildman–Crippen LogP) is 4.67. The molecule has 0 unspecified atom stereocenters. The summed E-state index contributed by atoms with van der Waals surface area (Å²) in [7, 11) is 0. The van der Waals surface area contributed by atoms with Crippen LogP contribution in [-0.2, 0) is 6.42 Å². The van der Waals surface area contributed by atoms with Gasteiger partial charge in [0.2, 0.25) is 0 Å². The van der Waals surface area contributed by atoms with Crippen LogP contribution in [0, 0.1) is 12.3 Å². The summed E-state index contributed by atoms with van der Waals surface area (Å²) < 4.78 is 5.32. The molecule has 0 aliphatic heterocycles. The molecule has 0 fully saturated rings. The Balaban J connectivity index is 2.10. The Hall–Kier alpha value is -2.24. The van der Waals surface area contributed by atoms with Gasteiger partial charge in [-0.1, -0.05) is 36.6 Å². The van der Waals surface area contributed by atoms with Crippen LogP contribution in [-0.4, -0.2) is 12.8 Å². The van der Waals surface area contributed by atoms with Gasteiger partial charge in [0.05, 0.1) is 10.7 Å². The number of ether oxygens (including phenoxy) is 1. The molecule has 0 heterocycles. The Kier molecular flexibility index (Phi) is 5.43. The van der Waals surface area contributed by atoms with Crippen LogP contribution in [0.4, 0.5) is 5.69 Å². The number of hydrogen-bond acceptors (Lipinski definition) is 2. The molecular weight excluding hydrogens is 282 g/mol. The van der Waals surface area contributed by atoms with Crippen LogP contribution in [0.25, 0.3) is 0 Å². The molecular formula is C18H16ClNO. The third-order valence-corrected chi connectivity index (χ3v) is 3.27. The monoisotopic (exact) mass is 297 g/mol. The van der Waals surface area contributed by atoms with Crippen molar-refractivity contribution in [3.05, 3.63) is 58.6 Å². The lowest BCUT2D eigenvalue weighted by Crippen LogP contribution is -1.94. The molecule has 0 spiro atoms. The van der Waals surface area contributed by atoms with Gasteiger partial charge in [-0.05, 0) is 47.9 Å². The molecule has 0 saturated carbocycles. The molecule has 0 saturated heterocycles. The Labute approximate surface area is 130 Å². The molecule has 106 valence electrons. The van der Waals surface area contributed by atoms with Gasteiger partial charge in [0, 0.05) is 6.21 Å². The second-order valence-electron chi connectivity index (χ2n) is 4.46. The van der Waals surface area contributed by atoms with Crippen LogP contribution in [0.3, 0.4) is 0 Å². The van der Waals surface area contributed by atoms with Gasteiger partial charge in [-0.3, -0.25) is 4.99 Å². The zero-order chi connectivity index (χ0) is 15.1. The van der Waals surface area contributed by atoms with Gasteiger partial charge in [-0.25, -0.2) is 0 Å². The van der Waals surface area contributed by atoms with Gasteiger partial charge >= 0.3 is 0 Å². The van der Waals surface area contributed by atoms with Crippen molar-refractivity contribution in [3.8, 4) is 18.1 Å². The maximum Gasteiger partial charge on any atom is 0.148 e. The van der Waals surface area contributed by atoms with Crippen molar-refractivity contribution in [2.75, 3.05) is 6.61 Å². The van der Waals surface area contributed by atoms with Crippen molar-refractivity contribution in [2.24, 2.45) is 4.99 Å². The number of rotatable bonds is 5. The van der Waals surface area contributed by atoms with E-state index in [1.165, 1.54) is 5.56 Å². The zero-order valence-corrected chi connectivity index (χ0v) is 12.6. The Morgan fingerprint density at radius 1 is 1.24 bits per heavy atom. The lowest BCUT2D eigenvalue weighted by atomic mass is 10.1. The van der Waals surface area contributed by atoms with Gasteiger partial charge in [0.15, 0.2) is 0 Å². The number of aryl methyl sites for hydroxylation is 1. The number of aliphatic imine (C=N–C) groups is 1. The highest BCUT2D eigenvalue weighted by molar-refractivity contribution is 6.32. The van der Waals surface area contributed by atoms with Crippen molar-refractivity contribution in [1.82, 2.24) is 0 Å². The number of terminal acetylenes is 1. The molecule has 0 aliphatic carbocycles. The average molecular weight is 298 g/mol. The molecule has 21 heavy (non-hydrogen) atoms. The fraction of sp³-hybridized carbons (Fsp3) is 0.167. The van der Waals surface area contributed by atoms with Gasteiger partial charge in [-0.2, -0.15) is 0 Å². The van der Waals surface area contributed by atoms with E-state index in [0.29, 0.717) is 10.8 Å². The van der Waals surface area contributed by atoms with Crippen LogP contribution < -0.4 is 4.74 Å². The van der Waals surface area contributed by atoms with Crippen molar-refractivity contribution >= 4 is 23.5 Å². The van der Waals surface area contributed by atoms with Gasteiger partial charge in [0.25, 0.3) is 0 Å². The fourth-order valence-corrected chi connectivity index (χ4v) is 2.04. The first-order valence-electron chi connectivity index (χ1n) is 6.71. The summed E-state index contributed by atoms with van der Waals surface area (Å²) in [4.78, 5) is 4.43. The van der Waals surface area contributed by atoms with Crippen LogP contribution in [0.1, 0.15) is 18.1 Å². The van der Waals surface area contributed by atoms with Crippen LogP contribution in [0.2, 0.25) is 5.02 Å². The molecule has 2 aromatic carbocycles. The molecule has 0 aliphatic rings. The highest BCUT2D eigenvalue weighted by atomic mass is 35.5. The van der Waals surface area contributed by atoms with E-state index in [0.717, 1.165) is 17.7 Å². The zero-order valence-electron chi connectivity index (χ0n) is 11.8. The molecule has 0 atom stereocenters. The average Bonchev–Trinajstić information content (AvgIpc) is 2.52. The maximum absolute atomic E-state index is 6.13. The van der Waals surface area contributed by atoms with E-state index in [9.17, 15) is 0 Å². The Morgan fingerprint density at radius 3 is 2.62 bits per heavy atom. The van der Waals surface area contributed by atoms with Crippen molar-refractivity contribution < 1.29 is 4.74 Å². The van der Waals surface area contributed by atoms with Crippen LogP contribution >= 0.6 is 11.6 Å². The smallest absolute Gasteiger partial charge is 0.148 e. The lowest BCUT2D eigenvalue weighted by molar-refractivity contribution is 0.370. The lowest BCUT2D eigenvalue weighted by Gasteiger charge is -2.05. The number of halogens is 1. The van der Waals surface area contributed by atoms with Crippen molar-refractivity contribution in [1.29, 1.82) is 0 Å². The van der Waals surface area contributed by atoms with E-state index < -0.39 is 0 Å². The van der Waals surface area contributed by atoms with Gasteiger partial charge in [-0.15, -0.1) is 6.42 Å². The highest BCUT2D eigenvalue weighted by Gasteiger charge is 2.01. The number of benzene rings is 2. The third-order valence-electron chi connectivity index (χ3n) is 2.97. The van der Waals surface area contributed by atoms with Crippen molar-refractivity contribution in [3.63, 3.8) is 0 Å². The molecule has 3 heteroatoms. The second-order valence-corrected chi connectivity index (χ2v) is 4.87. The summed E-state index contributed by atoms with van der Waals surface area (Å²) in [6.07, 6.45) is 7.95. The summed E-state index contributed by atoms with van der Waals surface area (Å²) in [5.41, 5.74) is 3.12. The van der Waals surface area contributed by atoms with Gasteiger partial charge < -0.3 is 4.74 Å². The molecule has 0 radical (unpaired) electrons. The minimum Gasteiger partial charge on any atom is -0.479 e. The molecule has 0 aromatic heterocycles. The second kappa shape index (κ2) is 7.52. The van der Waals surface area contributed by atoms with Crippen LogP contribution in [0.5, 0.6) is 5.75 Å². The third kappa shape index (κ3) is 4.37. The Morgan fingerprint density at radius 2 is 2.00 bits per heavy atom. The quantitative estimate of drug-likeness (QED) is 0.581. The highest BCUT2D eigenvalue weighted by Crippen LogP contribution is 2.25. The van der Waals surface area contributed by atoms with E-state index in [2.05, 4.69) is 30.0 Å². The minimum atomic E-state index is 0.205. The molecule has 2 rings (SSSR count). The first-order valence-corrected chi connectivity index (χ1v) is 7.09. The van der Waals surface area contributed by atoms with E-state index in [-0.39, 0.29) is 6.61 Å². The summed E-state index contributed by atoms with van der Waals surface area (Å²) in [6, 6.07) is 13.6. The molecule has 2 nitrogen and oxygen atoms in total. The molecule has 0 amide bonds. The molecule has 2 aromatic rings. The summed E-state index contributed by atoms with van der Waals surface area (Å²) in [5.74, 6) is 2.99. The summed E-state index contributed by atoms with van der Waals surface area (Å²) in [5, 5.41) is 0.524. The summed E-state index contributed by atoms with van der Waals surface area (Å²) >= 11 is 6.13. The number of nitrogens with zero attached hydrogens (tertiary/aromatic N) is 1. The minimum absolute atomic E-state index is 0.205. The summed E-state index contributed by atoms with van der Waals surface area (Å²) in [6.45, 7) is 2.33. The van der Waals surface area contributed by atoms with Crippen molar-refractivity contribution in [2.45, 2.75) is 13.3 Å². The fourth-order valence-electron chi connectivity index (χ4n) is 1.80. The first kappa shape index (κ1) is 15.2. The van der Waals surface area contributed by atoms with Crippen LogP contribution in [0.15, 0.2) is 47.5 Å². The van der Waals surface area contributed by atoms with E-state index in [4.69, 9.17) is 22.8 Å². The van der Waals surface area contributed by atoms with Gasteiger partial charge in [0.1, 0.15) is 12.4 Å². The largest absolute Gasteiger partial charge is 0.479 e. The van der Waals surface area contributed by atoms with E-state index in [1.54, 1.807) is 18.3 Å². The molecule has 0 bridgehead atoms.